The van der Waals surface area contributed by atoms with Crippen molar-refractivity contribution in [3.63, 3.8) is 0 Å². The van der Waals surface area contributed by atoms with Gasteiger partial charge < -0.3 is 5.73 Å². The molecule has 1 aromatic heterocycles. The molecule has 1 rings (SSSR count). The maximum atomic E-state index is 5.54. The molecule has 1 heterocycles. The van der Waals surface area contributed by atoms with Crippen LogP contribution in [0.2, 0.25) is 0 Å². The summed E-state index contributed by atoms with van der Waals surface area (Å²) in [5, 5.41) is 0. The van der Waals surface area contributed by atoms with E-state index in [0.717, 1.165) is 24.4 Å². The summed E-state index contributed by atoms with van der Waals surface area (Å²) in [4.78, 5) is 8.66. The van der Waals surface area contributed by atoms with Crippen molar-refractivity contribution in [1.82, 2.24) is 9.97 Å². The Morgan fingerprint density at radius 3 is 2.71 bits per heavy atom. The summed E-state index contributed by atoms with van der Waals surface area (Å²) in [5.41, 5.74) is 7.91. The number of nitrogens with two attached hydrogens (primary N) is 1. The minimum absolute atomic E-state index is 0.626. The molecule has 0 fully saturated rings. The number of aryl methyl sites for hydroxylation is 1. The summed E-state index contributed by atoms with van der Waals surface area (Å²) in [6, 6.07) is 0. The number of nitrogens with zero attached hydrogens (tertiary/aromatic N) is 2. The highest BCUT2D eigenvalue weighted by molar-refractivity contribution is 5.18. The van der Waals surface area contributed by atoms with Crippen LogP contribution in [0.5, 0.6) is 0 Å². The largest absolute Gasteiger partial charge is 0.330 e. The number of hydrogen-bond acceptors (Lipinski definition) is 3. The van der Waals surface area contributed by atoms with Crippen LogP contribution in [0.15, 0.2) is 6.20 Å². The molecular formula is C11H19N3. The highest BCUT2D eigenvalue weighted by atomic mass is 14.9. The van der Waals surface area contributed by atoms with Crippen molar-refractivity contribution in [2.24, 2.45) is 11.7 Å². The van der Waals surface area contributed by atoms with Gasteiger partial charge in [0.15, 0.2) is 0 Å². The molecule has 0 aliphatic rings. The molecule has 3 nitrogen and oxygen atoms in total. The molecule has 0 spiro atoms. The van der Waals surface area contributed by atoms with Gasteiger partial charge >= 0.3 is 0 Å². The summed E-state index contributed by atoms with van der Waals surface area (Å²) < 4.78 is 0. The lowest BCUT2D eigenvalue weighted by atomic mass is 10.0. The second-order valence-corrected chi connectivity index (χ2v) is 4.03. The SMILES string of the molecule is Cc1ncc(CCN)c(CC(C)C)n1. The van der Waals surface area contributed by atoms with Gasteiger partial charge in [0.05, 0.1) is 0 Å². The van der Waals surface area contributed by atoms with E-state index in [1.165, 1.54) is 5.56 Å². The maximum Gasteiger partial charge on any atom is 0.125 e. The molecule has 0 aliphatic carbocycles. The normalized spacial score (nSPS) is 10.9. The van der Waals surface area contributed by atoms with Gasteiger partial charge in [-0.2, -0.15) is 0 Å². The minimum atomic E-state index is 0.626. The average Bonchev–Trinajstić information content (AvgIpc) is 2.09. The molecule has 0 bridgehead atoms. The summed E-state index contributed by atoms with van der Waals surface area (Å²) in [6.07, 6.45) is 3.80. The van der Waals surface area contributed by atoms with E-state index in [4.69, 9.17) is 5.73 Å². The fraction of sp³-hybridized carbons (Fsp3) is 0.636. The average molecular weight is 193 g/mol. The Hall–Kier alpha value is -0.960. The predicted molar refractivity (Wildman–Crippen MR) is 58.1 cm³/mol. The van der Waals surface area contributed by atoms with E-state index in [9.17, 15) is 0 Å². The molecule has 0 saturated heterocycles. The molecule has 1 aromatic rings. The monoisotopic (exact) mass is 193 g/mol. The standard InChI is InChI=1S/C11H19N3/c1-8(2)6-11-10(4-5-12)7-13-9(3)14-11/h7-8H,4-6,12H2,1-3H3. The predicted octanol–water partition coefficient (Wildman–Crippen LogP) is 1.48. The van der Waals surface area contributed by atoms with E-state index in [1.807, 2.05) is 13.1 Å². The Labute approximate surface area is 85.8 Å². The van der Waals surface area contributed by atoms with Crippen molar-refractivity contribution in [1.29, 1.82) is 0 Å². The van der Waals surface area contributed by atoms with Gasteiger partial charge in [0.1, 0.15) is 5.82 Å². The van der Waals surface area contributed by atoms with Crippen LogP contribution in [0.4, 0.5) is 0 Å². The van der Waals surface area contributed by atoms with Crippen molar-refractivity contribution >= 4 is 0 Å². The van der Waals surface area contributed by atoms with Crippen LogP contribution < -0.4 is 5.73 Å². The lowest BCUT2D eigenvalue weighted by molar-refractivity contribution is 0.625. The third-order valence-electron chi connectivity index (χ3n) is 2.09. The van der Waals surface area contributed by atoms with E-state index in [1.54, 1.807) is 0 Å². The molecule has 0 unspecified atom stereocenters. The highest BCUT2D eigenvalue weighted by Crippen LogP contribution is 2.11. The Morgan fingerprint density at radius 2 is 2.14 bits per heavy atom. The second-order valence-electron chi connectivity index (χ2n) is 4.03. The molecule has 14 heavy (non-hydrogen) atoms. The van der Waals surface area contributed by atoms with Crippen LogP contribution in [-0.2, 0) is 12.8 Å². The Balaban J connectivity index is 2.90. The molecule has 0 aliphatic heterocycles. The fourth-order valence-corrected chi connectivity index (χ4v) is 1.47. The van der Waals surface area contributed by atoms with Gasteiger partial charge in [0.25, 0.3) is 0 Å². The van der Waals surface area contributed by atoms with Crippen LogP contribution >= 0.6 is 0 Å². The van der Waals surface area contributed by atoms with Crippen molar-refractivity contribution in [3.05, 3.63) is 23.3 Å². The van der Waals surface area contributed by atoms with Crippen molar-refractivity contribution in [3.8, 4) is 0 Å². The van der Waals surface area contributed by atoms with E-state index >= 15 is 0 Å². The maximum absolute atomic E-state index is 5.54. The van der Waals surface area contributed by atoms with Gasteiger partial charge in [-0.3, -0.25) is 0 Å². The third-order valence-corrected chi connectivity index (χ3v) is 2.09. The van der Waals surface area contributed by atoms with E-state index in [-0.39, 0.29) is 0 Å². The first-order valence-electron chi connectivity index (χ1n) is 5.15. The van der Waals surface area contributed by atoms with Crippen LogP contribution in [0.25, 0.3) is 0 Å². The lowest BCUT2D eigenvalue weighted by Crippen LogP contribution is -2.10. The van der Waals surface area contributed by atoms with E-state index in [2.05, 4.69) is 23.8 Å². The summed E-state index contributed by atoms with van der Waals surface area (Å²) in [7, 11) is 0. The molecule has 0 aromatic carbocycles. The third kappa shape index (κ3) is 3.07. The van der Waals surface area contributed by atoms with Gasteiger partial charge in [-0.1, -0.05) is 13.8 Å². The fourth-order valence-electron chi connectivity index (χ4n) is 1.47. The molecule has 0 radical (unpaired) electrons. The zero-order valence-corrected chi connectivity index (χ0v) is 9.25. The molecule has 3 heteroatoms. The van der Waals surface area contributed by atoms with Crippen LogP contribution in [0.3, 0.4) is 0 Å². The quantitative estimate of drug-likeness (QED) is 0.788. The van der Waals surface area contributed by atoms with Crippen molar-refractivity contribution < 1.29 is 0 Å². The smallest absolute Gasteiger partial charge is 0.125 e. The molecule has 2 N–H and O–H groups in total. The second kappa shape index (κ2) is 5.05. The van der Waals surface area contributed by atoms with Gasteiger partial charge in [-0.15, -0.1) is 0 Å². The van der Waals surface area contributed by atoms with E-state index < -0.39 is 0 Å². The first-order chi connectivity index (χ1) is 6.63. The lowest BCUT2D eigenvalue weighted by Gasteiger charge is -2.10. The summed E-state index contributed by atoms with van der Waals surface area (Å²) in [6.45, 7) is 6.99. The molecule has 0 saturated carbocycles. The Bertz CT molecular complexity index is 295. The minimum Gasteiger partial charge on any atom is -0.330 e. The van der Waals surface area contributed by atoms with Crippen LogP contribution in [-0.4, -0.2) is 16.5 Å². The van der Waals surface area contributed by atoms with Gasteiger partial charge in [-0.05, 0) is 37.8 Å². The van der Waals surface area contributed by atoms with Gasteiger partial charge in [0, 0.05) is 11.9 Å². The first kappa shape index (κ1) is 11.1. The van der Waals surface area contributed by atoms with Crippen LogP contribution in [0.1, 0.15) is 30.9 Å². The molecule has 0 atom stereocenters. The molecular weight excluding hydrogens is 174 g/mol. The Kier molecular flexibility index (Phi) is 4.01. The van der Waals surface area contributed by atoms with Crippen LogP contribution in [0, 0.1) is 12.8 Å². The zero-order chi connectivity index (χ0) is 10.6. The number of rotatable bonds is 4. The Morgan fingerprint density at radius 1 is 1.43 bits per heavy atom. The van der Waals surface area contributed by atoms with E-state index in [0.29, 0.717) is 12.5 Å². The van der Waals surface area contributed by atoms with Crippen molar-refractivity contribution in [2.45, 2.75) is 33.6 Å². The summed E-state index contributed by atoms with van der Waals surface area (Å²) >= 11 is 0. The highest BCUT2D eigenvalue weighted by Gasteiger charge is 2.06. The first-order valence-corrected chi connectivity index (χ1v) is 5.15. The van der Waals surface area contributed by atoms with Gasteiger partial charge in [-0.25, -0.2) is 9.97 Å². The zero-order valence-electron chi connectivity index (χ0n) is 9.25. The van der Waals surface area contributed by atoms with Crippen molar-refractivity contribution in [2.75, 3.05) is 6.54 Å². The summed E-state index contributed by atoms with van der Waals surface area (Å²) in [5.74, 6) is 1.47. The topological polar surface area (TPSA) is 51.8 Å². The van der Waals surface area contributed by atoms with Gasteiger partial charge in [0.2, 0.25) is 0 Å². The number of hydrogen-bond donors (Lipinski definition) is 1. The molecule has 0 amide bonds. The number of aromatic nitrogens is 2. The molecule has 78 valence electrons.